The second kappa shape index (κ2) is 9.16. The Balaban J connectivity index is 1.74. The van der Waals surface area contributed by atoms with Gasteiger partial charge in [-0.3, -0.25) is 0 Å². The van der Waals surface area contributed by atoms with E-state index < -0.39 is 6.10 Å². The number of aliphatic hydroxyl groups excluding tert-OH is 1. The van der Waals surface area contributed by atoms with E-state index in [1.165, 1.54) is 5.56 Å². The molecule has 25 heavy (non-hydrogen) atoms. The Morgan fingerprint density at radius 3 is 2.72 bits per heavy atom. The summed E-state index contributed by atoms with van der Waals surface area (Å²) < 4.78 is 5.46. The zero-order valence-electron chi connectivity index (χ0n) is 14.8. The molecule has 0 spiro atoms. The Labute approximate surface area is 149 Å². The minimum Gasteiger partial charge on any atom is -0.474 e. The van der Waals surface area contributed by atoms with E-state index in [4.69, 9.17) is 10.00 Å². The molecule has 0 saturated carbocycles. The minimum absolute atomic E-state index is 0.0907. The quantitative estimate of drug-likeness (QED) is 0.734. The van der Waals surface area contributed by atoms with Crippen molar-refractivity contribution in [3.63, 3.8) is 0 Å². The molecule has 0 fully saturated rings. The molecule has 0 amide bonds. The molecule has 0 bridgehead atoms. The topological polar surface area (TPSA) is 78.2 Å². The molecule has 0 aliphatic rings. The lowest BCUT2D eigenvalue weighted by Gasteiger charge is -2.28. The van der Waals surface area contributed by atoms with Gasteiger partial charge in [-0.15, -0.1) is 0 Å². The minimum atomic E-state index is -0.676. The van der Waals surface area contributed by atoms with Crippen LogP contribution in [0.4, 0.5) is 0 Å². The number of hydrogen-bond acceptors (Lipinski definition) is 5. The van der Waals surface area contributed by atoms with Gasteiger partial charge in [-0.1, -0.05) is 30.3 Å². The predicted octanol–water partition coefficient (Wildman–Crippen LogP) is 2.69. The lowest BCUT2D eigenvalue weighted by Crippen LogP contribution is -2.45. The normalized spacial score (nSPS) is 12.4. The Kier molecular flexibility index (Phi) is 6.93. The number of rotatable bonds is 9. The number of β-amino-alcohol motifs (C(OH)–C–C–N with tert-alkyl or cyclic N) is 1. The van der Waals surface area contributed by atoms with Gasteiger partial charge in [-0.2, -0.15) is 5.26 Å². The van der Waals surface area contributed by atoms with Crippen molar-refractivity contribution >= 4 is 0 Å². The zero-order valence-corrected chi connectivity index (χ0v) is 14.8. The zero-order chi connectivity index (χ0) is 18.1. The number of hydrogen-bond donors (Lipinski definition) is 2. The van der Waals surface area contributed by atoms with Crippen molar-refractivity contribution in [2.24, 2.45) is 0 Å². The maximum Gasteiger partial charge on any atom is 0.231 e. The Morgan fingerprint density at radius 2 is 2.00 bits per heavy atom. The maximum atomic E-state index is 10.1. The van der Waals surface area contributed by atoms with E-state index in [1.54, 1.807) is 18.3 Å². The van der Waals surface area contributed by atoms with Crippen LogP contribution in [-0.4, -0.2) is 34.9 Å². The Morgan fingerprint density at radius 1 is 1.24 bits per heavy atom. The third-order valence-corrected chi connectivity index (χ3v) is 4.00. The van der Waals surface area contributed by atoms with E-state index in [0.717, 1.165) is 12.8 Å². The third-order valence-electron chi connectivity index (χ3n) is 4.00. The highest BCUT2D eigenvalue weighted by molar-refractivity contribution is 5.36. The molecule has 132 valence electrons. The van der Waals surface area contributed by atoms with Crippen LogP contribution in [0.15, 0.2) is 48.7 Å². The molecule has 1 heterocycles. The van der Waals surface area contributed by atoms with Crippen molar-refractivity contribution in [3.05, 3.63) is 59.8 Å². The van der Waals surface area contributed by atoms with Crippen LogP contribution in [0.5, 0.6) is 5.88 Å². The standard InChI is InChI=1S/C20H25N3O2/c1-20(2,11-10-16-7-4-3-5-8-16)23-14-18(24)15-25-19-17(13-21)9-6-12-22-19/h3-9,12,18,23-24H,10-11,14-15H2,1-2H3/t18-/m0/s1. The van der Waals surface area contributed by atoms with Crippen LogP contribution in [-0.2, 0) is 6.42 Å². The second-order valence-corrected chi connectivity index (χ2v) is 6.68. The fraction of sp³-hybridized carbons (Fsp3) is 0.400. The molecule has 1 atom stereocenters. The predicted molar refractivity (Wildman–Crippen MR) is 97.3 cm³/mol. The molecule has 0 aliphatic carbocycles. The van der Waals surface area contributed by atoms with Crippen LogP contribution in [0.25, 0.3) is 0 Å². The number of benzene rings is 1. The molecule has 2 aromatic rings. The van der Waals surface area contributed by atoms with Crippen molar-refractivity contribution in [2.45, 2.75) is 38.3 Å². The number of nitrogens with zero attached hydrogens (tertiary/aromatic N) is 2. The molecular weight excluding hydrogens is 314 g/mol. The fourth-order valence-corrected chi connectivity index (χ4v) is 2.41. The second-order valence-electron chi connectivity index (χ2n) is 6.68. The van der Waals surface area contributed by atoms with Gasteiger partial charge in [0.15, 0.2) is 0 Å². The molecule has 1 aromatic carbocycles. The smallest absolute Gasteiger partial charge is 0.231 e. The summed E-state index contributed by atoms with van der Waals surface area (Å²) in [6.07, 6.45) is 2.83. The van der Waals surface area contributed by atoms with Crippen LogP contribution in [0, 0.1) is 11.3 Å². The van der Waals surface area contributed by atoms with Crippen LogP contribution in [0.3, 0.4) is 0 Å². The summed E-state index contributed by atoms with van der Waals surface area (Å²) in [6.45, 7) is 4.75. The van der Waals surface area contributed by atoms with Crippen molar-refractivity contribution in [1.29, 1.82) is 5.26 Å². The summed E-state index contributed by atoms with van der Waals surface area (Å²) in [4.78, 5) is 4.02. The SMILES string of the molecule is CC(C)(CCc1ccccc1)NC[C@H](O)COc1ncccc1C#N. The lowest BCUT2D eigenvalue weighted by atomic mass is 9.95. The highest BCUT2D eigenvalue weighted by Gasteiger charge is 2.19. The van der Waals surface area contributed by atoms with E-state index in [0.29, 0.717) is 12.1 Å². The molecule has 0 aliphatic heterocycles. The van der Waals surface area contributed by atoms with Gasteiger partial charge in [0, 0.05) is 18.3 Å². The number of pyridine rings is 1. The Bertz CT molecular complexity index is 696. The molecule has 2 N–H and O–H groups in total. The van der Waals surface area contributed by atoms with Gasteiger partial charge in [0.1, 0.15) is 24.3 Å². The number of aliphatic hydroxyl groups is 1. The summed E-state index contributed by atoms with van der Waals surface area (Å²) >= 11 is 0. The summed E-state index contributed by atoms with van der Waals surface area (Å²) in [5.74, 6) is 0.257. The van der Waals surface area contributed by atoms with E-state index >= 15 is 0 Å². The van der Waals surface area contributed by atoms with Crippen molar-refractivity contribution in [2.75, 3.05) is 13.2 Å². The van der Waals surface area contributed by atoms with Crippen molar-refractivity contribution in [3.8, 4) is 11.9 Å². The van der Waals surface area contributed by atoms with E-state index in [-0.39, 0.29) is 18.0 Å². The summed E-state index contributed by atoms with van der Waals surface area (Å²) in [5.41, 5.74) is 1.57. The summed E-state index contributed by atoms with van der Waals surface area (Å²) in [5, 5.41) is 22.5. The van der Waals surface area contributed by atoms with Crippen LogP contribution >= 0.6 is 0 Å². The van der Waals surface area contributed by atoms with Gasteiger partial charge in [-0.05, 0) is 44.4 Å². The number of nitrogens with one attached hydrogen (secondary N) is 1. The maximum absolute atomic E-state index is 10.1. The lowest BCUT2D eigenvalue weighted by molar-refractivity contribution is 0.0958. The molecule has 5 heteroatoms. The molecule has 0 radical (unpaired) electrons. The summed E-state index contributed by atoms with van der Waals surface area (Å²) in [6, 6.07) is 15.7. The van der Waals surface area contributed by atoms with Crippen LogP contribution < -0.4 is 10.1 Å². The van der Waals surface area contributed by atoms with Gasteiger partial charge >= 0.3 is 0 Å². The van der Waals surface area contributed by atoms with Crippen LogP contribution in [0.1, 0.15) is 31.4 Å². The van der Waals surface area contributed by atoms with E-state index in [2.05, 4.69) is 36.3 Å². The van der Waals surface area contributed by atoms with E-state index in [1.807, 2.05) is 24.3 Å². The third kappa shape index (κ3) is 6.54. The molecule has 1 aromatic heterocycles. The fourth-order valence-electron chi connectivity index (χ4n) is 2.41. The molecule has 5 nitrogen and oxygen atoms in total. The van der Waals surface area contributed by atoms with Gasteiger partial charge in [0.05, 0.1) is 0 Å². The van der Waals surface area contributed by atoms with Gasteiger partial charge in [-0.25, -0.2) is 4.98 Å². The highest BCUT2D eigenvalue weighted by atomic mass is 16.5. The number of aromatic nitrogens is 1. The Hall–Kier alpha value is -2.42. The number of ether oxygens (including phenoxy) is 1. The average Bonchev–Trinajstić information content (AvgIpc) is 2.64. The van der Waals surface area contributed by atoms with Gasteiger partial charge in [0.25, 0.3) is 0 Å². The highest BCUT2D eigenvalue weighted by Crippen LogP contribution is 2.15. The van der Waals surface area contributed by atoms with Gasteiger partial charge in [0.2, 0.25) is 5.88 Å². The summed E-state index contributed by atoms with van der Waals surface area (Å²) in [7, 11) is 0. The van der Waals surface area contributed by atoms with Crippen molar-refractivity contribution in [1.82, 2.24) is 10.3 Å². The van der Waals surface area contributed by atoms with Crippen LogP contribution in [0.2, 0.25) is 0 Å². The largest absolute Gasteiger partial charge is 0.474 e. The van der Waals surface area contributed by atoms with Gasteiger partial charge < -0.3 is 15.2 Å². The molecular formula is C20H25N3O2. The molecule has 0 unspecified atom stereocenters. The first-order chi connectivity index (χ1) is 12.0. The average molecular weight is 339 g/mol. The first kappa shape index (κ1) is 18.9. The van der Waals surface area contributed by atoms with Crippen molar-refractivity contribution < 1.29 is 9.84 Å². The molecule has 2 rings (SSSR count). The van der Waals surface area contributed by atoms with E-state index in [9.17, 15) is 5.11 Å². The number of nitriles is 1. The first-order valence-corrected chi connectivity index (χ1v) is 8.45. The number of aryl methyl sites for hydroxylation is 1. The molecule has 0 saturated heterocycles. The monoisotopic (exact) mass is 339 g/mol. The first-order valence-electron chi connectivity index (χ1n) is 8.45.